The highest BCUT2D eigenvalue weighted by Crippen LogP contribution is 2.30. The van der Waals surface area contributed by atoms with E-state index in [1.54, 1.807) is 7.11 Å². The summed E-state index contributed by atoms with van der Waals surface area (Å²) in [6.45, 7) is 7.56. The Hall–Kier alpha value is -2.56. The van der Waals surface area contributed by atoms with Crippen LogP contribution in [0, 0.1) is 12.8 Å². The molecule has 0 aliphatic carbocycles. The van der Waals surface area contributed by atoms with Crippen LogP contribution in [-0.4, -0.2) is 36.0 Å². The number of aryl methyl sites for hydroxylation is 1. The Labute approximate surface area is 161 Å². The number of carbonyl (C=O) groups is 1. The molecular formula is C22H29N3O2. The maximum Gasteiger partial charge on any atom is 0.225 e. The summed E-state index contributed by atoms with van der Waals surface area (Å²) >= 11 is 0. The van der Waals surface area contributed by atoms with Gasteiger partial charge in [0.15, 0.2) is 0 Å². The predicted molar refractivity (Wildman–Crippen MR) is 109 cm³/mol. The van der Waals surface area contributed by atoms with Gasteiger partial charge in [-0.15, -0.1) is 0 Å². The smallest absolute Gasteiger partial charge is 0.225 e. The molecule has 3 rings (SSSR count). The maximum atomic E-state index is 12.4. The highest BCUT2D eigenvalue weighted by molar-refractivity contribution is 5.78. The summed E-state index contributed by atoms with van der Waals surface area (Å²) in [5.41, 5.74) is 4.02. The third kappa shape index (κ3) is 4.79. The van der Waals surface area contributed by atoms with Crippen molar-refractivity contribution in [2.24, 2.45) is 5.92 Å². The third-order valence-corrected chi connectivity index (χ3v) is 4.98. The van der Waals surface area contributed by atoms with E-state index in [0.29, 0.717) is 0 Å². The highest BCUT2D eigenvalue weighted by Gasteiger charge is 2.27. The summed E-state index contributed by atoms with van der Waals surface area (Å²) < 4.78 is 5.30. The molecule has 1 atom stereocenters. The van der Waals surface area contributed by atoms with Gasteiger partial charge in [0.1, 0.15) is 5.75 Å². The van der Waals surface area contributed by atoms with E-state index >= 15 is 0 Å². The molecule has 27 heavy (non-hydrogen) atoms. The number of nitrogens with one attached hydrogen (secondary N) is 1. The van der Waals surface area contributed by atoms with E-state index in [1.807, 2.05) is 56.0 Å². The van der Waals surface area contributed by atoms with Crippen LogP contribution in [-0.2, 0) is 4.79 Å². The second-order valence-electron chi connectivity index (χ2n) is 7.56. The Morgan fingerprint density at radius 1 is 1.26 bits per heavy atom. The molecule has 1 amide bonds. The minimum Gasteiger partial charge on any atom is -0.497 e. The summed E-state index contributed by atoms with van der Waals surface area (Å²) in [4.78, 5) is 19.2. The van der Waals surface area contributed by atoms with Gasteiger partial charge in [0.25, 0.3) is 0 Å². The zero-order valence-electron chi connectivity index (χ0n) is 16.7. The van der Waals surface area contributed by atoms with E-state index in [9.17, 15) is 4.79 Å². The van der Waals surface area contributed by atoms with Crippen molar-refractivity contribution in [3.63, 3.8) is 0 Å². The molecular weight excluding hydrogens is 338 g/mol. The molecule has 1 aromatic carbocycles. The van der Waals surface area contributed by atoms with E-state index in [4.69, 9.17) is 9.72 Å². The fourth-order valence-corrected chi connectivity index (χ4v) is 3.63. The highest BCUT2D eigenvalue weighted by atomic mass is 16.5. The number of aromatic nitrogens is 1. The second-order valence-corrected chi connectivity index (χ2v) is 7.56. The number of benzene rings is 1. The van der Waals surface area contributed by atoms with Crippen LogP contribution in [0.3, 0.4) is 0 Å². The summed E-state index contributed by atoms with van der Waals surface area (Å²) in [5.74, 6) is 1.38. The number of rotatable bonds is 5. The molecule has 1 unspecified atom stereocenters. The Morgan fingerprint density at radius 3 is 2.81 bits per heavy atom. The molecule has 0 spiro atoms. The van der Waals surface area contributed by atoms with Gasteiger partial charge in [-0.05, 0) is 44.0 Å². The van der Waals surface area contributed by atoms with Gasteiger partial charge >= 0.3 is 0 Å². The molecule has 144 valence electrons. The number of likely N-dealkylation sites (tertiary alicyclic amines) is 1. The van der Waals surface area contributed by atoms with Crippen LogP contribution in [0.25, 0.3) is 0 Å². The second kappa shape index (κ2) is 8.42. The Kier molecular flexibility index (Phi) is 5.99. The van der Waals surface area contributed by atoms with Crippen molar-refractivity contribution in [1.82, 2.24) is 9.88 Å². The lowest BCUT2D eigenvalue weighted by atomic mass is 9.93. The van der Waals surface area contributed by atoms with Gasteiger partial charge < -0.3 is 15.0 Å². The molecule has 0 radical (unpaired) electrons. The van der Waals surface area contributed by atoms with Gasteiger partial charge in [0, 0.05) is 53.8 Å². The molecule has 5 heteroatoms. The van der Waals surface area contributed by atoms with Crippen molar-refractivity contribution in [2.75, 3.05) is 25.5 Å². The topological polar surface area (TPSA) is 54.5 Å². The van der Waals surface area contributed by atoms with E-state index < -0.39 is 0 Å². The number of piperidine rings is 1. The molecule has 1 aromatic heterocycles. The van der Waals surface area contributed by atoms with Gasteiger partial charge in [-0.1, -0.05) is 19.9 Å². The normalized spacial score (nSPS) is 17.1. The zero-order chi connectivity index (χ0) is 19.4. The van der Waals surface area contributed by atoms with Crippen LogP contribution in [0.1, 0.15) is 44.0 Å². The molecule has 1 fully saturated rings. The first-order valence-corrected chi connectivity index (χ1v) is 9.64. The van der Waals surface area contributed by atoms with E-state index in [0.717, 1.165) is 54.4 Å². The molecule has 1 N–H and O–H groups in total. The van der Waals surface area contributed by atoms with Gasteiger partial charge in [-0.3, -0.25) is 9.78 Å². The van der Waals surface area contributed by atoms with Crippen molar-refractivity contribution in [3.8, 4) is 5.75 Å². The molecule has 2 heterocycles. The Morgan fingerprint density at radius 2 is 2.07 bits per heavy atom. The minimum atomic E-state index is 0.0412. The number of anilines is 2. The van der Waals surface area contributed by atoms with Crippen molar-refractivity contribution in [2.45, 2.75) is 39.5 Å². The average Bonchev–Trinajstić information content (AvgIpc) is 2.67. The van der Waals surface area contributed by atoms with Crippen LogP contribution in [0.15, 0.2) is 36.4 Å². The Bertz CT molecular complexity index is 804. The van der Waals surface area contributed by atoms with Gasteiger partial charge in [-0.2, -0.15) is 0 Å². The molecule has 2 aromatic rings. The Balaban J connectivity index is 1.79. The largest absolute Gasteiger partial charge is 0.497 e. The minimum absolute atomic E-state index is 0.0412. The SMILES string of the molecule is COc1cccc(Nc2cc(C)nc(C3CCCN(C(=O)C(C)C)C3)c2)c1. The molecule has 0 saturated carbocycles. The van der Waals surface area contributed by atoms with Gasteiger partial charge in [-0.25, -0.2) is 0 Å². The number of amides is 1. The molecule has 1 aliphatic rings. The van der Waals surface area contributed by atoms with Crippen molar-refractivity contribution in [1.29, 1.82) is 0 Å². The first kappa shape index (κ1) is 19.2. The number of hydrogen-bond donors (Lipinski definition) is 1. The number of hydrogen-bond acceptors (Lipinski definition) is 4. The maximum absolute atomic E-state index is 12.4. The van der Waals surface area contributed by atoms with Crippen LogP contribution in [0.2, 0.25) is 0 Å². The molecule has 0 bridgehead atoms. The number of methoxy groups -OCH3 is 1. The van der Waals surface area contributed by atoms with Crippen molar-refractivity contribution < 1.29 is 9.53 Å². The third-order valence-electron chi connectivity index (χ3n) is 4.98. The standard InChI is InChI=1S/C22H29N3O2/c1-15(2)22(26)25-10-6-7-17(14-25)21-13-19(11-16(3)23-21)24-18-8-5-9-20(12-18)27-4/h5,8-9,11-13,15,17H,6-7,10,14H2,1-4H3,(H,23,24). The summed E-state index contributed by atoms with van der Waals surface area (Å²) in [7, 11) is 1.67. The number of pyridine rings is 1. The summed E-state index contributed by atoms with van der Waals surface area (Å²) in [5, 5.41) is 3.45. The van der Waals surface area contributed by atoms with Crippen LogP contribution >= 0.6 is 0 Å². The van der Waals surface area contributed by atoms with E-state index in [2.05, 4.69) is 11.4 Å². The first-order valence-electron chi connectivity index (χ1n) is 9.64. The quantitative estimate of drug-likeness (QED) is 0.845. The van der Waals surface area contributed by atoms with Gasteiger partial charge in [0.05, 0.1) is 7.11 Å². The number of carbonyl (C=O) groups excluding carboxylic acids is 1. The van der Waals surface area contributed by atoms with Crippen molar-refractivity contribution >= 4 is 17.3 Å². The number of nitrogens with zero attached hydrogens (tertiary/aromatic N) is 2. The number of ether oxygens (including phenoxy) is 1. The lowest BCUT2D eigenvalue weighted by Gasteiger charge is -2.34. The molecule has 1 aliphatic heterocycles. The first-order chi connectivity index (χ1) is 13.0. The van der Waals surface area contributed by atoms with E-state index in [-0.39, 0.29) is 17.7 Å². The van der Waals surface area contributed by atoms with Crippen LogP contribution in [0.5, 0.6) is 5.75 Å². The molecule has 1 saturated heterocycles. The van der Waals surface area contributed by atoms with Gasteiger partial charge in [0.2, 0.25) is 5.91 Å². The van der Waals surface area contributed by atoms with E-state index in [1.165, 1.54) is 0 Å². The summed E-state index contributed by atoms with van der Waals surface area (Å²) in [6, 6.07) is 12.0. The zero-order valence-corrected chi connectivity index (χ0v) is 16.7. The predicted octanol–water partition coefficient (Wildman–Crippen LogP) is 4.50. The summed E-state index contributed by atoms with van der Waals surface area (Å²) in [6.07, 6.45) is 2.09. The van der Waals surface area contributed by atoms with Crippen LogP contribution in [0.4, 0.5) is 11.4 Å². The fourth-order valence-electron chi connectivity index (χ4n) is 3.63. The monoisotopic (exact) mass is 367 g/mol. The lowest BCUT2D eigenvalue weighted by molar-refractivity contribution is -0.135. The van der Waals surface area contributed by atoms with Crippen LogP contribution < -0.4 is 10.1 Å². The van der Waals surface area contributed by atoms with Crippen molar-refractivity contribution in [3.05, 3.63) is 47.8 Å². The lowest BCUT2D eigenvalue weighted by Crippen LogP contribution is -2.41. The fraction of sp³-hybridized carbons (Fsp3) is 0.455. The molecule has 5 nitrogen and oxygen atoms in total. The average molecular weight is 367 g/mol.